The summed E-state index contributed by atoms with van der Waals surface area (Å²) >= 11 is 1.23. The quantitative estimate of drug-likeness (QED) is 0.694. The van der Waals surface area contributed by atoms with Gasteiger partial charge < -0.3 is 9.30 Å². The summed E-state index contributed by atoms with van der Waals surface area (Å²) in [4.78, 5) is 4.69. The number of anilines is 1. The van der Waals surface area contributed by atoms with E-state index in [0.29, 0.717) is 10.1 Å². The second-order valence-corrected chi connectivity index (χ2v) is 7.98. The Morgan fingerprint density at radius 2 is 2.00 bits per heavy atom. The molecule has 6 nitrogen and oxygen atoms in total. The zero-order valence-corrected chi connectivity index (χ0v) is 15.6. The van der Waals surface area contributed by atoms with Gasteiger partial charge in [0.2, 0.25) is 0 Å². The Morgan fingerprint density at radius 3 is 2.69 bits per heavy atom. The molecule has 0 aliphatic heterocycles. The lowest BCUT2D eigenvalue weighted by molar-refractivity contribution is 0.403. The van der Waals surface area contributed by atoms with E-state index >= 15 is 0 Å². The maximum Gasteiger partial charge on any atom is 0.265 e. The number of methoxy groups -OCH3 is 1. The lowest BCUT2D eigenvalue weighted by atomic mass is 10.3. The number of ether oxygens (including phenoxy) is 1. The molecule has 0 spiro atoms. The number of rotatable bonds is 6. The molecule has 0 aliphatic rings. The number of hydrogen-bond donors (Lipinski definition) is 1. The maximum atomic E-state index is 13.7. The van der Waals surface area contributed by atoms with Crippen LogP contribution in [0.1, 0.15) is 0 Å². The number of sulfonamides is 1. The minimum atomic E-state index is -3.97. The molecule has 0 unspecified atom stereocenters. The van der Waals surface area contributed by atoms with Crippen molar-refractivity contribution in [1.29, 1.82) is 0 Å². The van der Waals surface area contributed by atoms with Crippen LogP contribution in [0, 0.1) is 5.82 Å². The number of aryl methyl sites for hydroxylation is 1. The summed E-state index contributed by atoms with van der Waals surface area (Å²) in [6, 6.07) is 10.1. The number of para-hydroxylation sites is 1. The van der Waals surface area contributed by atoms with Crippen molar-refractivity contribution >= 4 is 27.5 Å². The fraction of sp³-hybridized carbons (Fsp3) is 0.118. The Labute approximate surface area is 155 Å². The minimum Gasteiger partial charge on any atom is -0.495 e. The van der Waals surface area contributed by atoms with Gasteiger partial charge in [0.1, 0.15) is 16.5 Å². The zero-order chi connectivity index (χ0) is 18.7. The topological polar surface area (TPSA) is 73.2 Å². The van der Waals surface area contributed by atoms with E-state index in [4.69, 9.17) is 4.74 Å². The molecule has 1 heterocycles. The van der Waals surface area contributed by atoms with E-state index in [9.17, 15) is 12.8 Å². The molecule has 3 rings (SSSR count). The molecular formula is C17H16FN3O3S2. The van der Waals surface area contributed by atoms with Crippen LogP contribution in [-0.2, 0) is 17.1 Å². The Kier molecular flexibility index (Phi) is 5.19. The van der Waals surface area contributed by atoms with Crippen molar-refractivity contribution in [2.75, 3.05) is 11.8 Å². The average Bonchev–Trinajstić information content (AvgIpc) is 3.02. The van der Waals surface area contributed by atoms with Crippen LogP contribution < -0.4 is 9.46 Å². The molecule has 0 aliphatic carbocycles. The predicted molar refractivity (Wildman–Crippen MR) is 97.5 cm³/mol. The van der Waals surface area contributed by atoms with Gasteiger partial charge in [-0.25, -0.2) is 17.8 Å². The first-order valence-electron chi connectivity index (χ1n) is 7.51. The summed E-state index contributed by atoms with van der Waals surface area (Å²) in [5, 5.41) is 0.648. The Balaban J connectivity index is 1.99. The maximum absolute atomic E-state index is 13.7. The van der Waals surface area contributed by atoms with Gasteiger partial charge in [-0.05, 0) is 42.1 Å². The highest BCUT2D eigenvalue weighted by Gasteiger charge is 2.21. The zero-order valence-electron chi connectivity index (χ0n) is 14.0. The third-order valence-corrected chi connectivity index (χ3v) is 6.08. The smallest absolute Gasteiger partial charge is 0.265 e. The largest absolute Gasteiger partial charge is 0.495 e. The van der Waals surface area contributed by atoms with Gasteiger partial charge in [0.25, 0.3) is 10.0 Å². The number of benzene rings is 2. The third-order valence-electron chi connectivity index (χ3n) is 3.52. The van der Waals surface area contributed by atoms with E-state index in [1.807, 2.05) is 7.05 Å². The van der Waals surface area contributed by atoms with Crippen LogP contribution in [0.5, 0.6) is 5.75 Å². The van der Waals surface area contributed by atoms with Crippen molar-refractivity contribution in [2.45, 2.75) is 14.9 Å². The number of aromatic nitrogens is 2. The summed E-state index contributed by atoms with van der Waals surface area (Å²) in [7, 11) is -0.762. The lowest BCUT2D eigenvalue weighted by Crippen LogP contribution is -2.14. The average molecular weight is 393 g/mol. The first kappa shape index (κ1) is 18.3. The third kappa shape index (κ3) is 3.83. The van der Waals surface area contributed by atoms with Crippen molar-refractivity contribution in [3.8, 4) is 5.75 Å². The molecule has 1 aromatic heterocycles. The fourth-order valence-corrected chi connectivity index (χ4v) is 4.44. The number of nitrogens with one attached hydrogen (secondary N) is 1. The monoisotopic (exact) mass is 393 g/mol. The van der Waals surface area contributed by atoms with Crippen molar-refractivity contribution in [1.82, 2.24) is 9.55 Å². The predicted octanol–water partition coefficient (Wildman–Crippen LogP) is 3.52. The first-order chi connectivity index (χ1) is 12.4. The molecular weight excluding hydrogens is 377 g/mol. The second kappa shape index (κ2) is 7.38. The lowest BCUT2D eigenvalue weighted by Gasteiger charge is -2.14. The molecule has 0 amide bonds. The van der Waals surface area contributed by atoms with Crippen LogP contribution in [-0.4, -0.2) is 25.1 Å². The van der Waals surface area contributed by atoms with Crippen LogP contribution in [0.25, 0.3) is 0 Å². The normalized spacial score (nSPS) is 11.3. The summed E-state index contributed by atoms with van der Waals surface area (Å²) in [5.74, 6) is -0.346. The van der Waals surface area contributed by atoms with Crippen LogP contribution in [0.2, 0.25) is 0 Å². The molecule has 0 bridgehead atoms. The molecule has 136 valence electrons. The van der Waals surface area contributed by atoms with Crippen LogP contribution in [0.4, 0.5) is 10.1 Å². The first-order valence-corrected chi connectivity index (χ1v) is 9.81. The molecule has 1 N–H and O–H groups in total. The van der Waals surface area contributed by atoms with Crippen molar-refractivity contribution in [2.24, 2.45) is 7.05 Å². The molecule has 3 aromatic rings. The number of imidazole rings is 1. The number of hydrogen-bond acceptors (Lipinski definition) is 5. The molecule has 9 heteroatoms. The summed E-state index contributed by atoms with van der Waals surface area (Å²) in [6.07, 6.45) is 3.40. The second-order valence-electron chi connectivity index (χ2n) is 5.32. The van der Waals surface area contributed by atoms with Crippen molar-refractivity contribution in [3.63, 3.8) is 0 Å². The van der Waals surface area contributed by atoms with Crippen LogP contribution in [0.3, 0.4) is 0 Å². The molecule has 0 radical (unpaired) electrons. The van der Waals surface area contributed by atoms with E-state index in [1.54, 1.807) is 35.2 Å². The van der Waals surface area contributed by atoms with Crippen LogP contribution >= 0.6 is 11.8 Å². The van der Waals surface area contributed by atoms with Gasteiger partial charge in [0.15, 0.2) is 5.16 Å². The molecule has 26 heavy (non-hydrogen) atoms. The summed E-state index contributed by atoms with van der Waals surface area (Å²) < 4.78 is 48.6. The SMILES string of the molecule is COc1ccccc1S(=O)(=O)Nc1cc(F)ccc1Sc1nccn1C. The van der Waals surface area contributed by atoms with E-state index < -0.39 is 15.8 Å². The van der Waals surface area contributed by atoms with Gasteiger partial charge in [0.05, 0.1) is 12.8 Å². The van der Waals surface area contributed by atoms with E-state index in [2.05, 4.69) is 9.71 Å². The molecule has 0 saturated carbocycles. The molecule has 0 fully saturated rings. The summed E-state index contributed by atoms with van der Waals surface area (Å²) in [5.41, 5.74) is 0.129. The number of nitrogens with zero attached hydrogens (tertiary/aromatic N) is 2. The van der Waals surface area contributed by atoms with Crippen LogP contribution in [0.15, 0.2) is 69.8 Å². The molecule has 0 atom stereocenters. The number of halogens is 1. The van der Waals surface area contributed by atoms with Gasteiger partial charge in [-0.15, -0.1) is 0 Å². The summed E-state index contributed by atoms with van der Waals surface area (Å²) in [6.45, 7) is 0. The van der Waals surface area contributed by atoms with E-state index in [-0.39, 0.29) is 16.3 Å². The standard InChI is InChI=1S/C17H16FN3O3S2/c1-21-10-9-19-17(21)25-15-8-7-12(18)11-13(15)20-26(22,23)16-6-4-3-5-14(16)24-2/h3-11,20H,1-2H3. The molecule has 2 aromatic carbocycles. The minimum absolute atomic E-state index is 0.0281. The fourth-order valence-electron chi connectivity index (χ4n) is 2.26. The van der Waals surface area contributed by atoms with Crippen molar-refractivity contribution < 1.29 is 17.5 Å². The van der Waals surface area contributed by atoms with Gasteiger partial charge in [-0.3, -0.25) is 4.72 Å². The van der Waals surface area contributed by atoms with Gasteiger partial charge >= 0.3 is 0 Å². The van der Waals surface area contributed by atoms with E-state index in [1.165, 1.54) is 37.1 Å². The van der Waals surface area contributed by atoms with Gasteiger partial charge in [0, 0.05) is 24.3 Å². The Hall–Kier alpha value is -2.52. The van der Waals surface area contributed by atoms with Gasteiger partial charge in [-0.2, -0.15) is 0 Å². The highest BCUT2D eigenvalue weighted by Crippen LogP contribution is 2.35. The van der Waals surface area contributed by atoms with E-state index in [0.717, 1.165) is 6.07 Å². The van der Waals surface area contributed by atoms with Crippen molar-refractivity contribution in [3.05, 3.63) is 60.7 Å². The highest BCUT2D eigenvalue weighted by atomic mass is 32.2. The highest BCUT2D eigenvalue weighted by molar-refractivity contribution is 7.99. The Morgan fingerprint density at radius 1 is 1.23 bits per heavy atom. The Bertz CT molecular complexity index is 1040. The molecule has 0 saturated heterocycles. The van der Waals surface area contributed by atoms with Gasteiger partial charge in [-0.1, -0.05) is 12.1 Å².